The molecule has 0 aromatic carbocycles. The van der Waals surface area contributed by atoms with Crippen molar-refractivity contribution in [3.8, 4) is 0 Å². The summed E-state index contributed by atoms with van der Waals surface area (Å²) in [6.45, 7) is 6.98. The molecule has 4 nitrogen and oxygen atoms in total. The van der Waals surface area contributed by atoms with Crippen LogP contribution in [0, 0.1) is 12.8 Å². The van der Waals surface area contributed by atoms with Crippen molar-refractivity contribution in [3.63, 3.8) is 0 Å². The van der Waals surface area contributed by atoms with Crippen LogP contribution in [0.2, 0.25) is 0 Å². The van der Waals surface area contributed by atoms with Crippen LogP contribution in [-0.4, -0.2) is 21.6 Å². The van der Waals surface area contributed by atoms with Crippen molar-refractivity contribution in [2.45, 2.75) is 27.4 Å². The van der Waals surface area contributed by atoms with Crippen molar-refractivity contribution in [1.29, 1.82) is 0 Å². The summed E-state index contributed by atoms with van der Waals surface area (Å²) < 4.78 is 0. The van der Waals surface area contributed by atoms with E-state index >= 15 is 0 Å². The van der Waals surface area contributed by atoms with Gasteiger partial charge in [0, 0.05) is 24.0 Å². The zero-order valence-electron chi connectivity index (χ0n) is 8.91. The molecule has 0 fully saturated rings. The van der Waals surface area contributed by atoms with Crippen molar-refractivity contribution in [3.05, 3.63) is 17.5 Å². The second-order valence-electron chi connectivity index (χ2n) is 3.74. The molecule has 0 atom stereocenters. The molecule has 14 heavy (non-hydrogen) atoms. The smallest absolute Gasteiger partial charge is 0.222 e. The Balaban J connectivity index is 2.66. The highest BCUT2D eigenvalue weighted by Gasteiger charge is 2.02. The summed E-state index contributed by atoms with van der Waals surface area (Å²) in [4.78, 5) is 8.33. The van der Waals surface area contributed by atoms with Gasteiger partial charge in [0.15, 0.2) is 0 Å². The van der Waals surface area contributed by atoms with Crippen LogP contribution in [0.1, 0.15) is 25.1 Å². The van der Waals surface area contributed by atoms with Gasteiger partial charge in [-0.25, -0.2) is 9.97 Å². The zero-order valence-corrected chi connectivity index (χ0v) is 8.91. The Kier molecular flexibility index (Phi) is 3.83. The number of nitrogens with one attached hydrogen (secondary N) is 1. The molecule has 78 valence electrons. The first kappa shape index (κ1) is 10.9. The number of hydrogen-bond acceptors (Lipinski definition) is 4. The van der Waals surface area contributed by atoms with E-state index in [4.69, 9.17) is 5.11 Å². The lowest BCUT2D eigenvalue weighted by Crippen LogP contribution is -2.11. The van der Waals surface area contributed by atoms with Gasteiger partial charge >= 0.3 is 0 Å². The fraction of sp³-hybridized carbons (Fsp3) is 0.600. The van der Waals surface area contributed by atoms with Crippen LogP contribution >= 0.6 is 0 Å². The third-order valence-corrected chi connectivity index (χ3v) is 1.92. The number of rotatable bonds is 4. The Labute approximate surface area is 84.4 Å². The summed E-state index contributed by atoms with van der Waals surface area (Å²) in [5.74, 6) is 1.20. The summed E-state index contributed by atoms with van der Waals surface area (Å²) >= 11 is 0. The summed E-state index contributed by atoms with van der Waals surface area (Å²) in [5.41, 5.74) is 1.61. The Hall–Kier alpha value is -1.16. The van der Waals surface area contributed by atoms with E-state index in [9.17, 15) is 0 Å². The van der Waals surface area contributed by atoms with Gasteiger partial charge in [0.25, 0.3) is 0 Å². The van der Waals surface area contributed by atoms with E-state index in [2.05, 4.69) is 29.1 Å². The molecule has 1 rings (SSSR count). The molecular weight excluding hydrogens is 178 g/mol. The topological polar surface area (TPSA) is 58.0 Å². The summed E-state index contributed by atoms with van der Waals surface area (Å²) in [6.07, 6.45) is 1.66. The van der Waals surface area contributed by atoms with Crippen LogP contribution < -0.4 is 5.32 Å². The largest absolute Gasteiger partial charge is 0.392 e. The van der Waals surface area contributed by atoms with Gasteiger partial charge in [0.1, 0.15) is 0 Å². The number of hydrogen-bond donors (Lipinski definition) is 2. The molecule has 0 unspecified atom stereocenters. The molecule has 0 spiro atoms. The van der Waals surface area contributed by atoms with Gasteiger partial charge in [-0.05, 0) is 12.8 Å². The van der Waals surface area contributed by atoms with Crippen LogP contribution in [0.25, 0.3) is 0 Å². The molecule has 0 aliphatic rings. The average molecular weight is 195 g/mol. The molecule has 0 amide bonds. The lowest BCUT2D eigenvalue weighted by Gasteiger charge is -2.08. The summed E-state index contributed by atoms with van der Waals surface area (Å²) in [5, 5.41) is 12.1. The maximum atomic E-state index is 8.93. The van der Waals surface area contributed by atoms with Crippen LogP contribution in [0.4, 0.5) is 5.95 Å². The number of aliphatic hydroxyl groups is 1. The lowest BCUT2D eigenvalue weighted by molar-refractivity contribution is 0.280. The van der Waals surface area contributed by atoms with E-state index in [0.29, 0.717) is 11.9 Å². The van der Waals surface area contributed by atoms with Crippen LogP contribution in [-0.2, 0) is 6.61 Å². The fourth-order valence-corrected chi connectivity index (χ4v) is 1.03. The molecule has 0 bridgehead atoms. The quantitative estimate of drug-likeness (QED) is 0.761. The monoisotopic (exact) mass is 195 g/mol. The average Bonchev–Trinajstić information content (AvgIpc) is 2.15. The Morgan fingerprint density at radius 3 is 2.71 bits per heavy atom. The number of nitrogens with zero attached hydrogens (tertiary/aromatic N) is 2. The molecular formula is C10H17N3O. The third kappa shape index (κ3) is 2.96. The minimum absolute atomic E-state index is 0.00368. The van der Waals surface area contributed by atoms with Gasteiger partial charge < -0.3 is 10.4 Å². The Bertz CT molecular complexity index is 299. The number of aryl methyl sites for hydroxylation is 1. The SMILES string of the molecule is Cc1nc(NCC(C)C)ncc1CO. The second kappa shape index (κ2) is 4.91. The predicted octanol–water partition coefficient (Wildman–Crippen LogP) is 1.35. The first-order valence-electron chi connectivity index (χ1n) is 4.80. The molecule has 2 N–H and O–H groups in total. The molecule has 4 heteroatoms. The van der Waals surface area contributed by atoms with Crippen LogP contribution in [0.15, 0.2) is 6.20 Å². The van der Waals surface area contributed by atoms with E-state index < -0.39 is 0 Å². The first-order chi connectivity index (χ1) is 6.63. The zero-order chi connectivity index (χ0) is 10.6. The normalized spacial score (nSPS) is 10.6. The second-order valence-corrected chi connectivity index (χ2v) is 3.74. The summed E-state index contributed by atoms with van der Waals surface area (Å²) in [6, 6.07) is 0. The van der Waals surface area contributed by atoms with Gasteiger partial charge in [0.2, 0.25) is 5.95 Å². The van der Waals surface area contributed by atoms with Gasteiger partial charge in [-0.2, -0.15) is 0 Å². The van der Waals surface area contributed by atoms with E-state index in [-0.39, 0.29) is 6.61 Å². The highest BCUT2D eigenvalue weighted by Crippen LogP contribution is 2.07. The van der Waals surface area contributed by atoms with E-state index in [1.165, 1.54) is 0 Å². The van der Waals surface area contributed by atoms with Gasteiger partial charge in [0.05, 0.1) is 6.61 Å². The highest BCUT2D eigenvalue weighted by molar-refractivity contribution is 5.28. The molecule has 1 aromatic heterocycles. The van der Waals surface area contributed by atoms with Crippen LogP contribution in [0.5, 0.6) is 0 Å². The third-order valence-electron chi connectivity index (χ3n) is 1.92. The maximum Gasteiger partial charge on any atom is 0.222 e. The standard InChI is InChI=1S/C10H17N3O/c1-7(2)4-11-10-12-5-9(6-14)8(3)13-10/h5,7,14H,4,6H2,1-3H3,(H,11,12,13). The number of aliphatic hydroxyl groups excluding tert-OH is 1. The van der Waals surface area contributed by atoms with Gasteiger partial charge in [-0.15, -0.1) is 0 Å². The van der Waals surface area contributed by atoms with Crippen molar-refractivity contribution in [2.24, 2.45) is 5.92 Å². The molecule has 0 aliphatic heterocycles. The molecule has 0 aliphatic carbocycles. The Morgan fingerprint density at radius 2 is 2.21 bits per heavy atom. The lowest BCUT2D eigenvalue weighted by atomic mass is 10.2. The molecule has 1 aromatic rings. The van der Waals surface area contributed by atoms with Gasteiger partial charge in [-0.3, -0.25) is 0 Å². The number of anilines is 1. The first-order valence-corrected chi connectivity index (χ1v) is 4.80. The highest BCUT2D eigenvalue weighted by atomic mass is 16.3. The summed E-state index contributed by atoms with van der Waals surface area (Å²) in [7, 11) is 0. The minimum atomic E-state index is -0.00368. The molecule has 0 radical (unpaired) electrons. The van der Waals surface area contributed by atoms with Gasteiger partial charge in [-0.1, -0.05) is 13.8 Å². The minimum Gasteiger partial charge on any atom is -0.392 e. The van der Waals surface area contributed by atoms with E-state index in [1.54, 1.807) is 6.20 Å². The van der Waals surface area contributed by atoms with Crippen molar-refractivity contribution < 1.29 is 5.11 Å². The van der Waals surface area contributed by atoms with E-state index in [1.807, 2.05) is 6.92 Å². The van der Waals surface area contributed by atoms with E-state index in [0.717, 1.165) is 17.8 Å². The van der Waals surface area contributed by atoms with Crippen molar-refractivity contribution >= 4 is 5.95 Å². The maximum absolute atomic E-state index is 8.93. The van der Waals surface area contributed by atoms with Crippen molar-refractivity contribution in [2.75, 3.05) is 11.9 Å². The predicted molar refractivity (Wildman–Crippen MR) is 56.0 cm³/mol. The molecule has 0 saturated heterocycles. The molecule has 1 heterocycles. The fourth-order valence-electron chi connectivity index (χ4n) is 1.03. The number of aromatic nitrogens is 2. The van der Waals surface area contributed by atoms with Crippen LogP contribution in [0.3, 0.4) is 0 Å². The molecule has 0 saturated carbocycles. The Morgan fingerprint density at radius 1 is 1.50 bits per heavy atom. The van der Waals surface area contributed by atoms with Crippen molar-refractivity contribution in [1.82, 2.24) is 9.97 Å².